The Morgan fingerprint density at radius 2 is 1.71 bits per heavy atom. The SMILES string of the molecule is COc1ccc(CCNC(=O)CC(=O)N/N=C\c2ccc(C)cc2)cc1OC. The molecular weight excluding hydrogens is 358 g/mol. The Balaban J connectivity index is 1.71. The third-order valence-electron chi connectivity index (χ3n) is 3.99. The van der Waals surface area contributed by atoms with E-state index in [-0.39, 0.29) is 12.3 Å². The maximum Gasteiger partial charge on any atom is 0.249 e. The van der Waals surface area contributed by atoms with E-state index in [1.54, 1.807) is 14.2 Å². The average molecular weight is 383 g/mol. The number of rotatable bonds is 9. The van der Waals surface area contributed by atoms with Gasteiger partial charge in [-0.3, -0.25) is 9.59 Å². The van der Waals surface area contributed by atoms with E-state index >= 15 is 0 Å². The first-order valence-electron chi connectivity index (χ1n) is 8.88. The van der Waals surface area contributed by atoms with Crippen LogP contribution in [0.5, 0.6) is 11.5 Å². The van der Waals surface area contributed by atoms with Crippen molar-refractivity contribution in [2.45, 2.75) is 19.8 Å². The van der Waals surface area contributed by atoms with Gasteiger partial charge in [-0.25, -0.2) is 5.43 Å². The maximum absolute atomic E-state index is 11.9. The van der Waals surface area contributed by atoms with Gasteiger partial charge in [-0.1, -0.05) is 35.9 Å². The van der Waals surface area contributed by atoms with Crippen LogP contribution in [0.2, 0.25) is 0 Å². The molecule has 0 saturated carbocycles. The van der Waals surface area contributed by atoms with Gasteiger partial charge in [0.2, 0.25) is 11.8 Å². The fourth-order valence-electron chi connectivity index (χ4n) is 2.46. The van der Waals surface area contributed by atoms with Crippen molar-refractivity contribution < 1.29 is 19.1 Å². The molecule has 0 aliphatic rings. The molecule has 2 amide bonds. The zero-order chi connectivity index (χ0) is 20.4. The normalized spacial score (nSPS) is 10.5. The minimum Gasteiger partial charge on any atom is -0.493 e. The molecule has 2 N–H and O–H groups in total. The minimum atomic E-state index is -0.466. The number of hydrazone groups is 1. The number of methoxy groups -OCH3 is 2. The number of ether oxygens (including phenoxy) is 2. The Labute approximate surface area is 164 Å². The first-order valence-corrected chi connectivity index (χ1v) is 8.88. The lowest BCUT2D eigenvalue weighted by Crippen LogP contribution is -2.31. The molecule has 0 aromatic heterocycles. The molecule has 0 heterocycles. The van der Waals surface area contributed by atoms with Crippen molar-refractivity contribution in [1.29, 1.82) is 0 Å². The summed E-state index contributed by atoms with van der Waals surface area (Å²) in [4.78, 5) is 23.6. The van der Waals surface area contributed by atoms with Crippen LogP contribution < -0.4 is 20.2 Å². The second-order valence-corrected chi connectivity index (χ2v) is 6.17. The van der Waals surface area contributed by atoms with E-state index in [4.69, 9.17) is 9.47 Å². The van der Waals surface area contributed by atoms with Gasteiger partial charge in [-0.2, -0.15) is 5.10 Å². The third-order valence-corrected chi connectivity index (χ3v) is 3.99. The highest BCUT2D eigenvalue weighted by Gasteiger charge is 2.09. The van der Waals surface area contributed by atoms with Gasteiger partial charge in [0, 0.05) is 6.54 Å². The van der Waals surface area contributed by atoms with E-state index < -0.39 is 5.91 Å². The van der Waals surface area contributed by atoms with E-state index in [1.807, 2.05) is 49.4 Å². The van der Waals surface area contributed by atoms with Crippen LogP contribution in [0.25, 0.3) is 0 Å². The molecule has 0 unspecified atom stereocenters. The summed E-state index contributed by atoms with van der Waals surface area (Å²) < 4.78 is 10.4. The first-order chi connectivity index (χ1) is 13.5. The number of benzene rings is 2. The lowest BCUT2D eigenvalue weighted by atomic mass is 10.1. The van der Waals surface area contributed by atoms with Crippen molar-refractivity contribution in [3.05, 3.63) is 59.2 Å². The number of amides is 2. The number of nitrogens with one attached hydrogen (secondary N) is 2. The number of carbonyl (C=O) groups excluding carboxylic acids is 2. The zero-order valence-corrected chi connectivity index (χ0v) is 16.3. The van der Waals surface area contributed by atoms with Crippen LogP contribution in [0.15, 0.2) is 47.6 Å². The Bertz CT molecular complexity index is 832. The molecule has 0 spiro atoms. The topological polar surface area (TPSA) is 89.0 Å². The Kier molecular flexibility index (Phi) is 8.02. The molecule has 0 saturated heterocycles. The molecule has 7 nitrogen and oxygen atoms in total. The second kappa shape index (κ2) is 10.7. The Hall–Kier alpha value is -3.35. The largest absolute Gasteiger partial charge is 0.493 e. The van der Waals surface area contributed by atoms with Gasteiger partial charge in [-0.05, 0) is 36.6 Å². The van der Waals surface area contributed by atoms with Crippen molar-refractivity contribution in [1.82, 2.24) is 10.7 Å². The van der Waals surface area contributed by atoms with Crippen LogP contribution >= 0.6 is 0 Å². The van der Waals surface area contributed by atoms with Gasteiger partial charge < -0.3 is 14.8 Å². The van der Waals surface area contributed by atoms with Gasteiger partial charge in [0.15, 0.2) is 11.5 Å². The maximum atomic E-state index is 11.9. The van der Waals surface area contributed by atoms with Gasteiger partial charge >= 0.3 is 0 Å². The average Bonchev–Trinajstić information content (AvgIpc) is 2.69. The summed E-state index contributed by atoms with van der Waals surface area (Å²) in [6.07, 6.45) is 1.86. The van der Waals surface area contributed by atoms with Crippen LogP contribution in [-0.2, 0) is 16.0 Å². The van der Waals surface area contributed by atoms with Crippen LogP contribution in [0.3, 0.4) is 0 Å². The molecule has 7 heteroatoms. The lowest BCUT2D eigenvalue weighted by Gasteiger charge is -2.10. The molecule has 28 heavy (non-hydrogen) atoms. The predicted molar refractivity (Wildman–Crippen MR) is 108 cm³/mol. The summed E-state index contributed by atoms with van der Waals surface area (Å²) in [5, 5.41) is 6.58. The number of nitrogens with zero attached hydrogens (tertiary/aromatic N) is 1. The monoisotopic (exact) mass is 383 g/mol. The smallest absolute Gasteiger partial charge is 0.249 e. The summed E-state index contributed by atoms with van der Waals surface area (Å²) in [5.41, 5.74) is 5.35. The first kappa shape index (κ1) is 21.0. The Morgan fingerprint density at radius 1 is 1.00 bits per heavy atom. The highest BCUT2D eigenvalue weighted by Crippen LogP contribution is 2.27. The molecule has 2 aromatic carbocycles. The molecule has 0 fully saturated rings. The summed E-state index contributed by atoms with van der Waals surface area (Å²) >= 11 is 0. The summed E-state index contributed by atoms with van der Waals surface area (Å²) in [6.45, 7) is 2.40. The summed E-state index contributed by atoms with van der Waals surface area (Å²) in [7, 11) is 3.15. The standard InChI is InChI=1S/C21H25N3O4/c1-15-4-6-17(7-5-15)14-23-24-21(26)13-20(25)22-11-10-16-8-9-18(27-2)19(12-16)28-3/h4-9,12,14H,10-11,13H2,1-3H3,(H,22,25)(H,24,26)/b23-14-. The number of hydrogen-bond acceptors (Lipinski definition) is 5. The van der Waals surface area contributed by atoms with Crippen LogP contribution in [0.1, 0.15) is 23.1 Å². The van der Waals surface area contributed by atoms with E-state index in [9.17, 15) is 9.59 Å². The Morgan fingerprint density at radius 3 is 2.39 bits per heavy atom. The van der Waals surface area contributed by atoms with Crippen molar-refractivity contribution >= 4 is 18.0 Å². The highest BCUT2D eigenvalue weighted by molar-refractivity contribution is 5.97. The number of hydrogen-bond donors (Lipinski definition) is 2. The molecule has 0 bridgehead atoms. The van der Waals surface area contributed by atoms with Crippen molar-refractivity contribution in [3.63, 3.8) is 0 Å². The van der Waals surface area contributed by atoms with E-state index in [2.05, 4.69) is 15.8 Å². The van der Waals surface area contributed by atoms with Crippen molar-refractivity contribution in [2.75, 3.05) is 20.8 Å². The zero-order valence-electron chi connectivity index (χ0n) is 16.3. The quantitative estimate of drug-likeness (QED) is 0.395. The second-order valence-electron chi connectivity index (χ2n) is 6.17. The van der Waals surface area contributed by atoms with E-state index in [0.29, 0.717) is 24.5 Å². The van der Waals surface area contributed by atoms with Gasteiger partial charge in [0.1, 0.15) is 6.42 Å². The summed E-state index contributed by atoms with van der Waals surface area (Å²) in [6, 6.07) is 13.3. The minimum absolute atomic E-state index is 0.281. The fourth-order valence-corrected chi connectivity index (χ4v) is 2.46. The molecular formula is C21H25N3O4. The molecule has 2 aromatic rings. The van der Waals surface area contributed by atoms with Crippen LogP contribution in [0, 0.1) is 6.92 Å². The van der Waals surface area contributed by atoms with Crippen molar-refractivity contribution in [3.8, 4) is 11.5 Å². The molecule has 0 aliphatic carbocycles. The van der Waals surface area contributed by atoms with E-state index in [0.717, 1.165) is 16.7 Å². The highest BCUT2D eigenvalue weighted by atomic mass is 16.5. The predicted octanol–water partition coefficient (Wildman–Crippen LogP) is 2.21. The van der Waals surface area contributed by atoms with Gasteiger partial charge in [0.25, 0.3) is 0 Å². The van der Waals surface area contributed by atoms with Crippen molar-refractivity contribution in [2.24, 2.45) is 5.10 Å². The molecule has 148 valence electrons. The van der Waals surface area contributed by atoms with Gasteiger partial charge in [0.05, 0.1) is 20.4 Å². The van der Waals surface area contributed by atoms with E-state index in [1.165, 1.54) is 6.21 Å². The molecule has 0 radical (unpaired) electrons. The van der Waals surface area contributed by atoms with Crippen LogP contribution in [0.4, 0.5) is 0 Å². The van der Waals surface area contributed by atoms with Gasteiger partial charge in [-0.15, -0.1) is 0 Å². The van der Waals surface area contributed by atoms with Crippen LogP contribution in [-0.4, -0.2) is 38.8 Å². The molecule has 2 rings (SSSR count). The number of carbonyl (C=O) groups is 2. The lowest BCUT2D eigenvalue weighted by molar-refractivity contribution is -0.129. The summed E-state index contributed by atoms with van der Waals surface area (Å²) in [5.74, 6) is 0.464. The number of aryl methyl sites for hydroxylation is 1. The molecule has 0 atom stereocenters. The fraction of sp³-hybridized carbons (Fsp3) is 0.286. The third kappa shape index (κ3) is 6.75. The molecule has 0 aliphatic heterocycles.